The van der Waals surface area contributed by atoms with E-state index in [0.29, 0.717) is 0 Å². The van der Waals surface area contributed by atoms with Crippen molar-refractivity contribution < 1.29 is 4.79 Å². The number of piperidine rings is 1. The Morgan fingerprint density at radius 3 is 2.54 bits per heavy atom. The number of hydrogen-bond donors (Lipinski definition) is 1. The third kappa shape index (κ3) is 3.87. The summed E-state index contributed by atoms with van der Waals surface area (Å²) in [7, 11) is 1.73. The van der Waals surface area contributed by atoms with Gasteiger partial charge in [-0.3, -0.25) is 18.8 Å². The minimum atomic E-state index is -0.200. The SMILES string of the molecule is Cn1c(=O)n(CC(=O)Nc2cccc(CN3CCCCC3)c2)c2ccccc21. The van der Waals surface area contributed by atoms with E-state index in [2.05, 4.69) is 16.3 Å². The molecule has 1 aliphatic heterocycles. The second-order valence-corrected chi connectivity index (χ2v) is 7.50. The highest BCUT2D eigenvalue weighted by Gasteiger charge is 2.14. The normalized spacial score (nSPS) is 15.0. The number of aryl methyl sites for hydroxylation is 1. The number of rotatable bonds is 5. The van der Waals surface area contributed by atoms with Crippen LogP contribution in [0.4, 0.5) is 5.69 Å². The molecule has 28 heavy (non-hydrogen) atoms. The molecule has 6 nitrogen and oxygen atoms in total. The van der Waals surface area contributed by atoms with Crippen LogP contribution in [0.25, 0.3) is 11.0 Å². The Kier molecular flexibility index (Phi) is 5.30. The molecule has 2 aromatic carbocycles. The quantitative estimate of drug-likeness (QED) is 0.743. The number of aromatic nitrogens is 2. The van der Waals surface area contributed by atoms with E-state index in [-0.39, 0.29) is 18.1 Å². The molecule has 0 bridgehead atoms. The summed E-state index contributed by atoms with van der Waals surface area (Å²) in [5, 5.41) is 2.94. The molecule has 146 valence electrons. The smallest absolute Gasteiger partial charge is 0.325 e. The van der Waals surface area contributed by atoms with Crippen LogP contribution in [0.3, 0.4) is 0 Å². The first kappa shape index (κ1) is 18.5. The third-order valence-corrected chi connectivity index (χ3v) is 5.42. The molecule has 0 aliphatic carbocycles. The van der Waals surface area contributed by atoms with Crippen LogP contribution in [0.2, 0.25) is 0 Å². The number of nitrogens with one attached hydrogen (secondary N) is 1. The minimum Gasteiger partial charge on any atom is -0.325 e. The first-order valence-electron chi connectivity index (χ1n) is 9.87. The fourth-order valence-corrected chi connectivity index (χ4v) is 3.98. The van der Waals surface area contributed by atoms with Crippen molar-refractivity contribution in [2.75, 3.05) is 18.4 Å². The lowest BCUT2D eigenvalue weighted by molar-refractivity contribution is -0.116. The van der Waals surface area contributed by atoms with E-state index in [4.69, 9.17) is 0 Å². The Hall–Kier alpha value is -2.86. The molecule has 6 heteroatoms. The van der Waals surface area contributed by atoms with E-state index in [1.807, 2.05) is 42.5 Å². The first-order valence-corrected chi connectivity index (χ1v) is 9.87. The van der Waals surface area contributed by atoms with Gasteiger partial charge in [-0.1, -0.05) is 30.7 Å². The lowest BCUT2D eigenvalue weighted by Crippen LogP contribution is -2.29. The number of hydrogen-bond acceptors (Lipinski definition) is 3. The van der Waals surface area contributed by atoms with Gasteiger partial charge in [0.05, 0.1) is 11.0 Å². The van der Waals surface area contributed by atoms with Crippen LogP contribution in [0, 0.1) is 0 Å². The Balaban J connectivity index is 1.46. The second kappa shape index (κ2) is 8.02. The Bertz CT molecular complexity index is 1040. The molecular weight excluding hydrogens is 352 g/mol. The zero-order valence-corrected chi connectivity index (χ0v) is 16.2. The molecular formula is C22H26N4O2. The molecule has 0 atom stereocenters. The molecule has 1 fully saturated rings. The maximum absolute atomic E-state index is 12.6. The number of fused-ring (bicyclic) bond motifs is 1. The van der Waals surface area contributed by atoms with Gasteiger partial charge in [-0.05, 0) is 55.8 Å². The van der Waals surface area contributed by atoms with Gasteiger partial charge in [0.25, 0.3) is 0 Å². The number of likely N-dealkylation sites (tertiary alicyclic amines) is 1. The van der Waals surface area contributed by atoms with Gasteiger partial charge in [0.2, 0.25) is 5.91 Å². The molecule has 1 saturated heterocycles. The molecule has 0 unspecified atom stereocenters. The Morgan fingerprint density at radius 2 is 1.75 bits per heavy atom. The van der Waals surface area contributed by atoms with E-state index in [1.54, 1.807) is 11.6 Å². The number of anilines is 1. The number of amides is 1. The van der Waals surface area contributed by atoms with Crippen LogP contribution >= 0.6 is 0 Å². The molecule has 1 aliphatic rings. The number of benzene rings is 2. The molecule has 2 heterocycles. The molecule has 0 saturated carbocycles. The van der Waals surface area contributed by atoms with Crippen LogP contribution in [0.5, 0.6) is 0 Å². The third-order valence-electron chi connectivity index (χ3n) is 5.42. The van der Waals surface area contributed by atoms with Crippen molar-refractivity contribution in [2.24, 2.45) is 7.05 Å². The van der Waals surface area contributed by atoms with Crippen LogP contribution < -0.4 is 11.0 Å². The first-order chi connectivity index (χ1) is 13.6. The van der Waals surface area contributed by atoms with E-state index in [1.165, 1.54) is 29.4 Å². The number of imidazole rings is 1. The number of nitrogens with zero attached hydrogens (tertiary/aromatic N) is 3. The fraction of sp³-hybridized carbons (Fsp3) is 0.364. The maximum atomic E-state index is 12.6. The van der Waals surface area contributed by atoms with Gasteiger partial charge in [-0.15, -0.1) is 0 Å². The summed E-state index contributed by atoms with van der Waals surface area (Å²) in [6.07, 6.45) is 3.84. The largest absolute Gasteiger partial charge is 0.329 e. The topological polar surface area (TPSA) is 59.3 Å². The van der Waals surface area contributed by atoms with Gasteiger partial charge in [-0.2, -0.15) is 0 Å². The van der Waals surface area contributed by atoms with Crippen molar-refractivity contribution in [3.8, 4) is 0 Å². The molecule has 0 spiro atoms. The molecule has 4 rings (SSSR count). The maximum Gasteiger partial charge on any atom is 0.329 e. The molecule has 1 amide bonds. The predicted molar refractivity (Wildman–Crippen MR) is 111 cm³/mol. The Morgan fingerprint density at radius 1 is 1.00 bits per heavy atom. The van der Waals surface area contributed by atoms with Crippen molar-refractivity contribution >= 4 is 22.6 Å². The zero-order valence-electron chi connectivity index (χ0n) is 16.2. The zero-order chi connectivity index (χ0) is 19.5. The summed E-state index contributed by atoms with van der Waals surface area (Å²) < 4.78 is 3.09. The van der Waals surface area contributed by atoms with E-state index in [9.17, 15) is 9.59 Å². The standard InChI is InChI=1S/C22H26N4O2/c1-24-19-10-3-4-11-20(19)26(22(24)28)16-21(27)23-18-9-7-8-17(14-18)15-25-12-5-2-6-13-25/h3-4,7-11,14H,2,5-6,12-13,15-16H2,1H3,(H,23,27). The van der Waals surface area contributed by atoms with Gasteiger partial charge >= 0.3 is 5.69 Å². The molecule has 3 aromatic rings. The van der Waals surface area contributed by atoms with Gasteiger partial charge in [-0.25, -0.2) is 4.79 Å². The van der Waals surface area contributed by atoms with Crippen molar-refractivity contribution in [3.05, 3.63) is 64.6 Å². The second-order valence-electron chi connectivity index (χ2n) is 7.50. The average molecular weight is 378 g/mol. The number of carbonyl (C=O) groups is 1. The van der Waals surface area contributed by atoms with Gasteiger partial charge in [0, 0.05) is 19.3 Å². The summed E-state index contributed by atoms with van der Waals surface area (Å²) in [6, 6.07) is 15.5. The molecule has 1 aromatic heterocycles. The van der Waals surface area contributed by atoms with E-state index >= 15 is 0 Å². The highest BCUT2D eigenvalue weighted by molar-refractivity contribution is 5.91. The van der Waals surface area contributed by atoms with Crippen LogP contribution in [0.1, 0.15) is 24.8 Å². The predicted octanol–water partition coefficient (Wildman–Crippen LogP) is 2.96. The van der Waals surface area contributed by atoms with Crippen molar-refractivity contribution in [1.82, 2.24) is 14.0 Å². The number of carbonyl (C=O) groups excluding carboxylic acids is 1. The highest BCUT2D eigenvalue weighted by Crippen LogP contribution is 2.17. The van der Waals surface area contributed by atoms with Crippen LogP contribution in [-0.2, 0) is 24.9 Å². The Labute approximate surface area is 164 Å². The summed E-state index contributed by atoms with van der Waals surface area (Å²) in [4.78, 5) is 27.5. The summed E-state index contributed by atoms with van der Waals surface area (Å²) >= 11 is 0. The summed E-state index contributed by atoms with van der Waals surface area (Å²) in [5.41, 5.74) is 3.37. The molecule has 1 N–H and O–H groups in total. The van der Waals surface area contributed by atoms with Gasteiger partial charge < -0.3 is 5.32 Å². The minimum absolute atomic E-state index is 0.00343. The van der Waals surface area contributed by atoms with Crippen LogP contribution in [0.15, 0.2) is 53.3 Å². The number of para-hydroxylation sites is 2. The lowest BCUT2D eigenvalue weighted by atomic mass is 10.1. The van der Waals surface area contributed by atoms with Gasteiger partial charge in [0.15, 0.2) is 0 Å². The fourth-order valence-electron chi connectivity index (χ4n) is 3.98. The van der Waals surface area contributed by atoms with E-state index < -0.39 is 0 Å². The van der Waals surface area contributed by atoms with Crippen molar-refractivity contribution in [2.45, 2.75) is 32.4 Å². The van der Waals surface area contributed by atoms with Crippen molar-refractivity contribution in [3.63, 3.8) is 0 Å². The highest BCUT2D eigenvalue weighted by atomic mass is 16.2. The lowest BCUT2D eigenvalue weighted by Gasteiger charge is -2.26. The monoisotopic (exact) mass is 378 g/mol. The molecule has 0 radical (unpaired) electrons. The average Bonchev–Trinajstić information content (AvgIpc) is 2.94. The summed E-state index contributed by atoms with van der Waals surface area (Å²) in [5.74, 6) is -0.200. The van der Waals surface area contributed by atoms with E-state index in [0.717, 1.165) is 36.4 Å². The van der Waals surface area contributed by atoms with Gasteiger partial charge in [0.1, 0.15) is 6.54 Å². The van der Waals surface area contributed by atoms with Crippen LogP contribution in [-0.4, -0.2) is 33.0 Å². The summed E-state index contributed by atoms with van der Waals surface area (Å²) in [6.45, 7) is 3.18. The van der Waals surface area contributed by atoms with Crippen molar-refractivity contribution in [1.29, 1.82) is 0 Å².